The Morgan fingerprint density at radius 2 is 1.68 bits per heavy atom. The number of hydrogen-bond donors (Lipinski definition) is 1. The van der Waals surface area contributed by atoms with Crippen molar-refractivity contribution in [3.8, 4) is 0 Å². The highest BCUT2D eigenvalue weighted by Gasteiger charge is 2.40. The molecule has 2 aliphatic rings. The molecule has 1 heterocycles. The second-order valence-corrected chi connectivity index (χ2v) is 11.3. The summed E-state index contributed by atoms with van der Waals surface area (Å²) in [6.07, 6.45) is 2.81. The lowest BCUT2D eigenvalue weighted by molar-refractivity contribution is -0.122. The van der Waals surface area contributed by atoms with Gasteiger partial charge in [0.05, 0.1) is 24.5 Å². The van der Waals surface area contributed by atoms with E-state index in [1.165, 1.54) is 4.90 Å². The summed E-state index contributed by atoms with van der Waals surface area (Å²) in [5.41, 5.74) is 2.50. The maximum atomic E-state index is 14.0. The molecule has 8 nitrogen and oxygen atoms in total. The van der Waals surface area contributed by atoms with Gasteiger partial charge in [-0.15, -0.1) is 0 Å². The minimum Gasteiger partial charge on any atom is -0.444 e. The summed E-state index contributed by atoms with van der Waals surface area (Å²) in [6.45, 7) is 8.70. The van der Waals surface area contributed by atoms with Crippen molar-refractivity contribution in [2.24, 2.45) is 5.92 Å². The van der Waals surface area contributed by atoms with Gasteiger partial charge in [0.2, 0.25) is 5.91 Å². The number of alkyl carbamates (subject to hydrolysis) is 1. The third kappa shape index (κ3) is 6.06. The molecule has 0 bridgehead atoms. The van der Waals surface area contributed by atoms with Gasteiger partial charge >= 0.3 is 6.09 Å². The van der Waals surface area contributed by atoms with E-state index in [0.717, 1.165) is 36.8 Å². The summed E-state index contributed by atoms with van der Waals surface area (Å²) < 4.78 is 5.43. The lowest BCUT2D eigenvalue weighted by Gasteiger charge is -2.28. The number of fused-ring (bicyclic) bond motifs is 1. The molecule has 1 unspecified atom stereocenters. The Kier molecular flexibility index (Phi) is 7.90. The minimum absolute atomic E-state index is 0.0431. The molecular weight excluding hydrogens is 482 g/mol. The van der Waals surface area contributed by atoms with Crippen LogP contribution in [0.15, 0.2) is 42.5 Å². The van der Waals surface area contributed by atoms with Crippen LogP contribution in [-0.2, 0) is 14.3 Å². The molecule has 1 atom stereocenters. The summed E-state index contributed by atoms with van der Waals surface area (Å²) in [5.74, 6) is -0.896. The van der Waals surface area contributed by atoms with Crippen molar-refractivity contribution in [1.29, 1.82) is 0 Å². The van der Waals surface area contributed by atoms with Crippen molar-refractivity contribution in [3.63, 3.8) is 0 Å². The van der Waals surface area contributed by atoms with Crippen LogP contribution in [0.25, 0.3) is 0 Å². The molecule has 1 fully saturated rings. The smallest absolute Gasteiger partial charge is 0.408 e. The minimum atomic E-state index is -1.09. The fourth-order valence-electron chi connectivity index (χ4n) is 5.18. The van der Waals surface area contributed by atoms with Crippen molar-refractivity contribution >= 4 is 35.1 Å². The first-order chi connectivity index (χ1) is 17.9. The van der Waals surface area contributed by atoms with Crippen LogP contribution in [-0.4, -0.2) is 48.4 Å². The van der Waals surface area contributed by atoms with Crippen molar-refractivity contribution in [2.45, 2.75) is 71.9 Å². The van der Waals surface area contributed by atoms with Gasteiger partial charge in [0.1, 0.15) is 11.6 Å². The third-order valence-corrected chi connectivity index (χ3v) is 7.05. The predicted molar refractivity (Wildman–Crippen MR) is 147 cm³/mol. The molecule has 1 aliphatic carbocycles. The quantitative estimate of drug-likeness (QED) is 0.564. The molecule has 0 spiro atoms. The number of carbonyl (C=O) groups excluding carboxylic acids is 4. The van der Waals surface area contributed by atoms with Crippen molar-refractivity contribution in [1.82, 2.24) is 5.32 Å². The van der Waals surface area contributed by atoms with Gasteiger partial charge in [-0.05, 0) is 70.7 Å². The Labute approximate surface area is 224 Å². The molecule has 2 aromatic rings. The normalized spacial score (nSPS) is 18.1. The number of nitrogens with one attached hydrogen (secondary N) is 1. The number of carbonyl (C=O) groups is 4. The number of aryl methyl sites for hydroxylation is 2. The van der Waals surface area contributed by atoms with Gasteiger partial charge in [-0.1, -0.05) is 43.2 Å². The van der Waals surface area contributed by atoms with E-state index in [-0.39, 0.29) is 30.7 Å². The predicted octanol–water partition coefficient (Wildman–Crippen LogP) is 4.95. The molecule has 8 heteroatoms. The first-order valence-corrected chi connectivity index (χ1v) is 13.3. The van der Waals surface area contributed by atoms with Gasteiger partial charge < -0.3 is 19.9 Å². The molecule has 202 valence electrons. The van der Waals surface area contributed by atoms with Crippen LogP contribution in [0.3, 0.4) is 0 Å². The molecule has 4 rings (SSSR count). The number of hydrogen-bond acceptors (Lipinski definition) is 5. The standard InChI is InChI=1S/C30H37N3O5/c1-19-14-15-24-25(16-19)33(18-26(34)22-13-9-6-10-20(22)2)28(36)23(31-29(37)38-30(3,4)5)17-32(24)27(35)21-11-7-8-12-21/h6,9-10,13-16,21,23H,7-8,11-12,17-18H2,1-5H3,(H,31,37). The number of ether oxygens (including phenoxy) is 1. The Morgan fingerprint density at radius 1 is 1.00 bits per heavy atom. The molecule has 1 N–H and O–H groups in total. The molecule has 3 amide bonds. The van der Waals surface area contributed by atoms with Gasteiger partial charge in [0.15, 0.2) is 5.78 Å². The average molecular weight is 520 g/mol. The Morgan fingerprint density at radius 3 is 2.34 bits per heavy atom. The second kappa shape index (κ2) is 11.0. The van der Waals surface area contributed by atoms with Gasteiger partial charge in [-0.25, -0.2) is 4.79 Å². The highest BCUT2D eigenvalue weighted by molar-refractivity contribution is 6.12. The van der Waals surface area contributed by atoms with Crippen LogP contribution in [0.1, 0.15) is 67.9 Å². The molecule has 1 aliphatic heterocycles. The zero-order chi connectivity index (χ0) is 27.6. The molecule has 2 aromatic carbocycles. The van der Waals surface area contributed by atoms with Crippen LogP contribution in [0, 0.1) is 19.8 Å². The van der Waals surface area contributed by atoms with Crippen molar-refractivity contribution in [2.75, 3.05) is 22.9 Å². The number of rotatable bonds is 5. The van der Waals surface area contributed by atoms with Gasteiger partial charge in [-0.2, -0.15) is 0 Å². The molecular formula is C30H37N3O5. The summed E-state index contributed by atoms with van der Waals surface area (Å²) in [5, 5.41) is 2.69. The van der Waals surface area contributed by atoms with E-state index in [1.807, 2.05) is 44.2 Å². The van der Waals surface area contributed by atoms with E-state index in [2.05, 4.69) is 5.32 Å². The summed E-state index contributed by atoms with van der Waals surface area (Å²) in [6, 6.07) is 11.7. The number of amides is 3. The van der Waals surface area contributed by atoms with E-state index >= 15 is 0 Å². The SMILES string of the molecule is Cc1ccc2c(c1)N(CC(=O)c1ccccc1C)C(=O)C(NC(=O)OC(C)(C)C)CN2C(=O)C1CCCC1. The third-order valence-electron chi connectivity index (χ3n) is 7.05. The van der Waals surface area contributed by atoms with Crippen molar-refractivity contribution in [3.05, 3.63) is 59.2 Å². The maximum Gasteiger partial charge on any atom is 0.408 e. The largest absolute Gasteiger partial charge is 0.444 e. The summed E-state index contributed by atoms with van der Waals surface area (Å²) >= 11 is 0. The van der Waals surface area contributed by atoms with Gasteiger partial charge in [0.25, 0.3) is 5.91 Å². The van der Waals surface area contributed by atoms with E-state index < -0.39 is 23.6 Å². The number of ketones is 1. The van der Waals surface area contributed by atoms with Crippen LogP contribution >= 0.6 is 0 Å². The van der Waals surface area contributed by atoms with Crippen LogP contribution < -0.4 is 15.1 Å². The van der Waals surface area contributed by atoms with Gasteiger partial charge in [-0.3, -0.25) is 14.4 Å². The van der Waals surface area contributed by atoms with E-state index in [1.54, 1.807) is 37.8 Å². The lowest BCUT2D eigenvalue weighted by Crippen LogP contribution is -2.54. The highest BCUT2D eigenvalue weighted by Crippen LogP contribution is 2.37. The average Bonchev–Trinajstić information content (AvgIpc) is 3.35. The molecule has 0 saturated heterocycles. The lowest BCUT2D eigenvalue weighted by atomic mass is 10.0. The molecule has 38 heavy (non-hydrogen) atoms. The summed E-state index contributed by atoms with van der Waals surface area (Å²) in [4.78, 5) is 57.0. The number of benzene rings is 2. The zero-order valence-electron chi connectivity index (χ0n) is 22.9. The molecule has 0 aromatic heterocycles. The van der Waals surface area contributed by atoms with Crippen LogP contribution in [0.5, 0.6) is 0 Å². The number of nitrogens with zero attached hydrogens (tertiary/aromatic N) is 2. The van der Waals surface area contributed by atoms with E-state index in [4.69, 9.17) is 4.74 Å². The number of anilines is 2. The van der Waals surface area contributed by atoms with Crippen LogP contribution in [0.2, 0.25) is 0 Å². The first-order valence-electron chi connectivity index (χ1n) is 13.3. The van der Waals surface area contributed by atoms with Crippen molar-refractivity contribution < 1.29 is 23.9 Å². The first kappa shape index (κ1) is 27.4. The molecule has 0 radical (unpaired) electrons. The second-order valence-electron chi connectivity index (χ2n) is 11.3. The monoisotopic (exact) mass is 519 g/mol. The Balaban J connectivity index is 1.76. The number of Topliss-reactive ketones (excluding diaryl/α,β-unsaturated/α-hetero) is 1. The Hall–Kier alpha value is -3.68. The zero-order valence-corrected chi connectivity index (χ0v) is 22.9. The summed E-state index contributed by atoms with van der Waals surface area (Å²) in [7, 11) is 0. The topological polar surface area (TPSA) is 96.0 Å². The fraction of sp³-hybridized carbons (Fsp3) is 0.467. The van der Waals surface area contributed by atoms with Gasteiger partial charge in [0, 0.05) is 11.5 Å². The van der Waals surface area contributed by atoms with E-state index in [9.17, 15) is 19.2 Å². The highest BCUT2D eigenvalue weighted by atomic mass is 16.6. The Bertz CT molecular complexity index is 1240. The fourth-order valence-corrected chi connectivity index (χ4v) is 5.18. The molecule has 1 saturated carbocycles. The van der Waals surface area contributed by atoms with E-state index in [0.29, 0.717) is 16.9 Å². The van der Waals surface area contributed by atoms with Crippen LogP contribution in [0.4, 0.5) is 16.2 Å². The maximum absolute atomic E-state index is 14.0.